The lowest BCUT2D eigenvalue weighted by molar-refractivity contribution is 0.0952. The Bertz CT molecular complexity index is 617. The van der Waals surface area contributed by atoms with Gasteiger partial charge in [0.15, 0.2) is 0 Å². The lowest BCUT2D eigenvalue weighted by Gasteiger charge is -2.22. The second-order valence-electron chi connectivity index (χ2n) is 8.00. The van der Waals surface area contributed by atoms with E-state index >= 15 is 0 Å². The van der Waals surface area contributed by atoms with Crippen LogP contribution in [-0.4, -0.2) is 24.6 Å². The van der Waals surface area contributed by atoms with Gasteiger partial charge in [-0.3, -0.25) is 4.79 Å². The number of hydrogen-bond donors (Lipinski definition) is 1. The van der Waals surface area contributed by atoms with Crippen molar-refractivity contribution in [3.05, 3.63) is 40.3 Å². The van der Waals surface area contributed by atoms with Gasteiger partial charge in [-0.2, -0.15) is 0 Å². The van der Waals surface area contributed by atoms with Gasteiger partial charge in [0.05, 0.1) is 6.61 Å². The summed E-state index contributed by atoms with van der Waals surface area (Å²) in [5.41, 5.74) is 8.97. The summed E-state index contributed by atoms with van der Waals surface area (Å²) in [4.78, 5) is 15.0. The molecule has 6 nitrogen and oxygen atoms in total. The third-order valence-corrected chi connectivity index (χ3v) is 4.69. The van der Waals surface area contributed by atoms with E-state index in [1.165, 1.54) is 0 Å². The molecule has 0 saturated heterocycles. The number of hydrogen-bond acceptors (Lipinski definition) is 3. The van der Waals surface area contributed by atoms with Crippen molar-refractivity contribution < 1.29 is 9.53 Å². The minimum absolute atomic E-state index is 0.106. The van der Waals surface area contributed by atoms with Crippen molar-refractivity contribution in [3.8, 4) is 5.75 Å². The number of benzene rings is 1. The minimum Gasteiger partial charge on any atom is -0.494 e. The smallest absolute Gasteiger partial charge is 0.251 e. The SMILES string of the molecule is CCC(C)(C)CCOc1ccc(C(=O)NCCCC(C)(C)N=[N+]=[N-])cc1. The molecule has 0 bridgehead atoms. The number of rotatable bonds is 11. The number of nitrogens with one attached hydrogen (secondary N) is 1. The van der Waals surface area contributed by atoms with Crippen LogP contribution in [0.2, 0.25) is 0 Å². The van der Waals surface area contributed by atoms with Crippen molar-refractivity contribution in [3.63, 3.8) is 0 Å². The Hall–Kier alpha value is -2.20. The molecular formula is C20H32N4O2. The van der Waals surface area contributed by atoms with E-state index < -0.39 is 5.54 Å². The van der Waals surface area contributed by atoms with Gasteiger partial charge in [0.2, 0.25) is 0 Å². The molecule has 1 rings (SSSR count). The molecule has 0 unspecified atom stereocenters. The summed E-state index contributed by atoms with van der Waals surface area (Å²) in [6, 6.07) is 7.22. The predicted octanol–water partition coefficient (Wildman–Crippen LogP) is 5.49. The highest BCUT2D eigenvalue weighted by Gasteiger charge is 2.16. The van der Waals surface area contributed by atoms with Crippen molar-refractivity contribution in [2.24, 2.45) is 10.5 Å². The Kier molecular flexibility index (Phi) is 8.46. The number of carbonyl (C=O) groups is 1. The Morgan fingerprint density at radius 3 is 2.42 bits per heavy atom. The van der Waals surface area contributed by atoms with Crippen LogP contribution in [0, 0.1) is 5.41 Å². The molecule has 0 saturated carbocycles. The van der Waals surface area contributed by atoms with E-state index in [-0.39, 0.29) is 11.3 Å². The predicted molar refractivity (Wildman–Crippen MR) is 105 cm³/mol. The fourth-order valence-corrected chi connectivity index (χ4v) is 2.32. The lowest BCUT2D eigenvalue weighted by atomic mass is 9.87. The van der Waals surface area contributed by atoms with E-state index in [0.29, 0.717) is 18.7 Å². The summed E-state index contributed by atoms with van der Waals surface area (Å²) in [7, 11) is 0. The van der Waals surface area contributed by atoms with Gasteiger partial charge in [-0.25, -0.2) is 0 Å². The van der Waals surface area contributed by atoms with Crippen molar-refractivity contribution >= 4 is 5.91 Å². The first kappa shape index (κ1) is 21.8. The zero-order valence-corrected chi connectivity index (χ0v) is 16.7. The van der Waals surface area contributed by atoms with Gasteiger partial charge in [0, 0.05) is 22.6 Å². The number of azide groups is 1. The topological polar surface area (TPSA) is 87.1 Å². The van der Waals surface area contributed by atoms with Gasteiger partial charge >= 0.3 is 0 Å². The highest BCUT2D eigenvalue weighted by Crippen LogP contribution is 2.24. The van der Waals surface area contributed by atoms with Crippen LogP contribution >= 0.6 is 0 Å². The summed E-state index contributed by atoms with van der Waals surface area (Å²) in [6.45, 7) is 11.6. The summed E-state index contributed by atoms with van der Waals surface area (Å²) < 4.78 is 5.77. The number of ether oxygens (including phenoxy) is 1. The molecule has 1 amide bonds. The van der Waals surface area contributed by atoms with Crippen LogP contribution in [0.5, 0.6) is 5.75 Å². The van der Waals surface area contributed by atoms with E-state index in [2.05, 4.69) is 36.1 Å². The van der Waals surface area contributed by atoms with Crippen LogP contribution in [0.25, 0.3) is 10.4 Å². The number of amides is 1. The Labute approximate surface area is 156 Å². The summed E-state index contributed by atoms with van der Waals surface area (Å²) in [5, 5.41) is 6.63. The Morgan fingerprint density at radius 2 is 1.85 bits per heavy atom. The average molecular weight is 361 g/mol. The van der Waals surface area contributed by atoms with Crippen LogP contribution in [0.3, 0.4) is 0 Å². The highest BCUT2D eigenvalue weighted by atomic mass is 16.5. The zero-order valence-electron chi connectivity index (χ0n) is 16.7. The van der Waals surface area contributed by atoms with Gasteiger partial charge in [-0.15, -0.1) is 0 Å². The van der Waals surface area contributed by atoms with E-state index in [9.17, 15) is 4.79 Å². The number of nitrogens with zero attached hydrogens (tertiary/aromatic N) is 3. The van der Waals surface area contributed by atoms with E-state index in [1.807, 2.05) is 26.0 Å². The van der Waals surface area contributed by atoms with Crippen LogP contribution in [-0.2, 0) is 0 Å². The lowest BCUT2D eigenvalue weighted by Crippen LogP contribution is -2.26. The molecule has 0 aromatic heterocycles. The van der Waals surface area contributed by atoms with Crippen LogP contribution in [0.1, 0.15) is 70.7 Å². The van der Waals surface area contributed by atoms with Gasteiger partial charge in [0.1, 0.15) is 5.75 Å². The third-order valence-electron chi connectivity index (χ3n) is 4.69. The van der Waals surface area contributed by atoms with Gasteiger partial charge in [-0.1, -0.05) is 46.2 Å². The first-order valence-electron chi connectivity index (χ1n) is 9.26. The molecule has 1 aromatic carbocycles. The van der Waals surface area contributed by atoms with Crippen molar-refractivity contribution in [2.45, 2.75) is 65.8 Å². The van der Waals surface area contributed by atoms with Crippen molar-refractivity contribution in [1.29, 1.82) is 0 Å². The molecule has 1 aromatic rings. The van der Waals surface area contributed by atoms with Crippen LogP contribution < -0.4 is 10.1 Å². The summed E-state index contributed by atoms with van der Waals surface area (Å²) in [6.07, 6.45) is 3.60. The first-order chi connectivity index (χ1) is 12.2. The summed E-state index contributed by atoms with van der Waals surface area (Å²) in [5.74, 6) is 0.676. The summed E-state index contributed by atoms with van der Waals surface area (Å²) >= 11 is 0. The molecule has 0 aliphatic heterocycles. The van der Waals surface area contributed by atoms with E-state index in [1.54, 1.807) is 12.1 Å². The molecule has 0 aliphatic rings. The van der Waals surface area contributed by atoms with Crippen LogP contribution in [0.4, 0.5) is 0 Å². The maximum absolute atomic E-state index is 12.2. The first-order valence-corrected chi connectivity index (χ1v) is 9.26. The minimum atomic E-state index is -0.426. The Balaban J connectivity index is 2.38. The van der Waals surface area contributed by atoms with E-state index in [4.69, 9.17) is 10.3 Å². The quantitative estimate of drug-likeness (QED) is 0.245. The van der Waals surface area contributed by atoms with Gasteiger partial charge in [-0.05, 0) is 54.5 Å². The normalized spacial score (nSPS) is 11.6. The third kappa shape index (κ3) is 8.26. The Morgan fingerprint density at radius 1 is 1.19 bits per heavy atom. The molecular weight excluding hydrogens is 328 g/mol. The second kappa shape index (κ2) is 10.1. The van der Waals surface area contributed by atoms with E-state index in [0.717, 1.165) is 31.4 Å². The molecule has 0 spiro atoms. The monoisotopic (exact) mass is 360 g/mol. The van der Waals surface area contributed by atoms with Gasteiger partial charge in [0.25, 0.3) is 5.91 Å². The standard InChI is InChI=1S/C20H32N4O2/c1-6-19(2,3)13-15-26-17-10-8-16(9-11-17)18(25)22-14-7-12-20(4,5)23-24-21/h8-11H,6-7,12-15H2,1-5H3,(H,22,25). The molecule has 0 atom stereocenters. The van der Waals surface area contributed by atoms with Crippen LogP contribution in [0.15, 0.2) is 29.4 Å². The molecule has 26 heavy (non-hydrogen) atoms. The van der Waals surface area contributed by atoms with Gasteiger partial charge < -0.3 is 10.1 Å². The molecule has 0 radical (unpaired) electrons. The molecule has 1 N–H and O–H groups in total. The maximum atomic E-state index is 12.2. The molecule has 0 fully saturated rings. The molecule has 144 valence electrons. The molecule has 6 heteroatoms. The second-order valence-corrected chi connectivity index (χ2v) is 8.00. The van der Waals surface area contributed by atoms with Crippen molar-refractivity contribution in [1.82, 2.24) is 5.32 Å². The fourth-order valence-electron chi connectivity index (χ4n) is 2.32. The molecule has 0 aliphatic carbocycles. The maximum Gasteiger partial charge on any atom is 0.251 e. The highest BCUT2D eigenvalue weighted by molar-refractivity contribution is 5.94. The number of carbonyl (C=O) groups excluding carboxylic acids is 1. The molecule has 0 heterocycles. The van der Waals surface area contributed by atoms with Crippen molar-refractivity contribution in [2.75, 3.05) is 13.2 Å². The fraction of sp³-hybridized carbons (Fsp3) is 0.650. The largest absolute Gasteiger partial charge is 0.494 e. The zero-order chi connectivity index (χ0) is 19.6. The average Bonchev–Trinajstić information content (AvgIpc) is 2.59.